The van der Waals surface area contributed by atoms with E-state index in [1.807, 2.05) is 7.05 Å². The SMILES string of the molecule is CCCNC(CN(C)C(C)C(C)C)c1cccc(F)c1F. The molecule has 0 amide bonds. The van der Waals surface area contributed by atoms with Gasteiger partial charge in [0.1, 0.15) is 0 Å². The molecule has 0 aromatic heterocycles. The first-order chi connectivity index (χ1) is 9.88. The summed E-state index contributed by atoms with van der Waals surface area (Å²) in [7, 11) is 2.03. The molecule has 0 fully saturated rings. The minimum atomic E-state index is -0.782. The molecule has 0 spiro atoms. The zero-order valence-electron chi connectivity index (χ0n) is 13.8. The van der Waals surface area contributed by atoms with Gasteiger partial charge in [0.2, 0.25) is 0 Å². The number of benzene rings is 1. The molecule has 2 unspecified atom stereocenters. The summed E-state index contributed by atoms with van der Waals surface area (Å²) in [4.78, 5) is 2.20. The van der Waals surface area contributed by atoms with E-state index in [-0.39, 0.29) is 6.04 Å². The molecule has 0 aliphatic rings. The predicted molar refractivity (Wildman–Crippen MR) is 84.3 cm³/mol. The van der Waals surface area contributed by atoms with Gasteiger partial charge in [-0.2, -0.15) is 0 Å². The minimum Gasteiger partial charge on any atom is -0.309 e. The van der Waals surface area contributed by atoms with E-state index >= 15 is 0 Å². The largest absolute Gasteiger partial charge is 0.309 e. The van der Waals surface area contributed by atoms with Gasteiger partial charge in [-0.25, -0.2) is 8.78 Å². The van der Waals surface area contributed by atoms with Gasteiger partial charge in [0, 0.05) is 24.2 Å². The van der Waals surface area contributed by atoms with Crippen LogP contribution < -0.4 is 5.32 Å². The molecule has 0 radical (unpaired) electrons. The number of hydrogen-bond donors (Lipinski definition) is 1. The number of halogens is 2. The highest BCUT2D eigenvalue weighted by atomic mass is 19.2. The molecule has 0 saturated carbocycles. The number of likely N-dealkylation sites (N-methyl/N-ethyl adjacent to an activating group) is 1. The van der Waals surface area contributed by atoms with Crippen molar-refractivity contribution < 1.29 is 8.78 Å². The Morgan fingerprint density at radius 2 is 1.86 bits per heavy atom. The van der Waals surface area contributed by atoms with Crippen molar-refractivity contribution in [3.63, 3.8) is 0 Å². The van der Waals surface area contributed by atoms with Crippen LogP contribution in [0.4, 0.5) is 8.78 Å². The normalized spacial score (nSPS) is 14.7. The molecule has 0 aliphatic heterocycles. The first kappa shape index (κ1) is 18.1. The number of nitrogens with one attached hydrogen (secondary N) is 1. The lowest BCUT2D eigenvalue weighted by atomic mass is 10.0. The fourth-order valence-corrected chi connectivity index (χ4v) is 2.34. The molecule has 0 saturated heterocycles. The van der Waals surface area contributed by atoms with Crippen LogP contribution in [0.2, 0.25) is 0 Å². The summed E-state index contributed by atoms with van der Waals surface area (Å²) in [6.07, 6.45) is 0.955. The van der Waals surface area contributed by atoms with Gasteiger partial charge in [0.25, 0.3) is 0 Å². The van der Waals surface area contributed by atoms with Crippen molar-refractivity contribution in [2.24, 2.45) is 5.92 Å². The van der Waals surface area contributed by atoms with Crippen molar-refractivity contribution >= 4 is 0 Å². The lowest BCUT2D eigenvalue weighted by molar-refractivity contribution is 0.186. The first-order valence-electron chi connectivity index (χ1n) is 7.76. The molecule has 4 heteroatoms. The third kappa shape index (κ3) is 5.04. The Morgan fingerprint density at radius 3 is 2.43 bits per heavy atom. The molecule has 0 aliphatic carbocycles. The second kappa shape index (κ2) is 8.44. The Balaban J connectivity index is 2.92. The molecule has 1 rings (SSSR count). The topological polar surface area (TPSA) is 15.3 Å². The fourth-order valence-electron chi connectivity index (χ4n) is 2.34. The molecule has 0 heterocycles. The Kier molecular flexibility index (Phi) is 7.26. The second-order valence-electron chi connectivity index (χ2n) is 6.07. The van der Waals surface area contributed by atoms with Crippen LogP contribution in [0, 0.1) is 17.6 Å². The maximum atomic E-state index is 14.1. The lowest BCUT2D eigenvalue weighted by Gasteiger charge is -2.32. The van der Waals surface area contributed by atoms with Crippen LogP contribution in [0.5, 0.6) is 0 Å². The zero-order valence-corrected chi connectivity index (χ0v) is 13.8. The van der Waals surface area contributed by atoms with Gasteiger partial charge in [-0.05, 0) is 38.9 Å². The summed E-state index contributed by atoms with van der Waals surface area (Å²) in [5.41, 5.74) is 0.409. The third-order valence-corrected chi connectivity index (χ3v) is 4.13. The quantitative estimate of drug-likeness (QED) is 0.781. The standard InChI is InChI=1S/C17H28F2N2/c1-6-10-20-16(11-21(5)13(4)12(2)3)14-8-7-9-15(18)17(14)19/h7-9,12-13,16,20H,6,10-11H2,1-5H3. The average molecular weight is 298 g/mol. The van der Waals surface area contributed by atoms with Crippen LogP contribution in [0.1, 0.15) is 45.7 Å². The lowest BCUT2D eigenvalue weighted by Crippen LogP contribution is -2.40. The Bertz CT molecular complexity index is 435. The van der Waals surface area contributed by atoms with Crippen LogP contribution >= 0.6 is 0 Å². The van der Waals surface area contributed by atoms with Gasteiger partial charge in [-0.3, -0.25) is 0 Å². The summed E-state index contributed by atoms with van der Waals surface area (Å²) in [6.45, 7) is 9.98. The molecule has 120 valence electrons. The minimum absolute atomic E-state index is 0.202. The van der Waals surface area contributed by atoms with Gasteiger partial charge in [0.15, 0.2) is 11.6 Å². The monoisotopic (exact) mass is 298 g/mol. The van der Waals surface area contributed by atoms with E-state index in [2.05, 4.69) is 37.9 Å². The smallest absolute Gasteiger partial charge is 0.163 e. The van der Waals surface area contributed by atoms with Gasteiger partial charge >= 0.3 is 0 Å². The van der Waals surface area contributed by atoms with Crippen LogP contribution in [0.25, 0.3) is 0 Å². The summed E-state index contributed by atoms with van der Waals surface area (Å²) in [5, 5.41) is 3.33. The van der Waals surface area contributed by atoms with Crippen LogP contribution in [0.15, 0.2) is 18.2 Å². The van der Waals surface area contributed by atoms with Crippen molar-refractivity contribution in [3.8, 4) is 0 Å². The van der Waals surface area contributed by atoms with Gasteiger partial charge < -0.3 is 10.2 Å². The molecule has 1 N–H and O–H groups in total. The summed E-state index contributed by atoms with van der Waals surface area (Å²) >= 11 is 0. The van der Waals surface area contributed by atoms with E-state index in [4.69, 9.17) is 0 Å². The van der Waals surface area contributed by atoms with Crippen molar-refractivity contribution in [1.82, 2.24) is 10.2 Å². The summed E-state index contributed by atoms with van der Waals surface area (Å²) in [5.74, 6) is -1.01. The van der Waals surface area contributed by atoms with Crippen molar-refractivity contribution in [1.29, 1.82) is 0 Å². The van der Waals surface area contributed by atoms with E-state index in [0.717, 1.165) is 19.0 Å². The maximum absolute atomic E-state index is 14.1. The Hall–Kier alpha value is -1.00. The summed E-state index contributed by atoms with van der Waals surface area (Å²) in [6, 6.07) is 4.58. The molecule has 1 aromatic carbocycles. The van der Waals surface area contributed by atoms with E-state index in [1.54, 1.807) is 12.1 Å². The van der Waals surface area contributed by atoms with Gasteiger partial charge in [0.05, 0.1) is 0 Å². The maximum Gasteiger partial charge on any atom is 0.163 e. The van der Waals surface area contributed by atoms with Crippen molar-refractivity contribution in [2.75, 3.05) is 20.1 Å². The number of nitrogens with zero attached hydrogens (tertiary/aromatic N) is 1. The van der Waals surface area contributed by atoms with Crippen molar-refractivity contribution in [2.45, 2.75) is 46.2 Å². The van der Waals surface area contributed by atoms with Crippen LogP contribution in [0.3, 0.4) is 0 Å². The fraction of sp³-hybridized carbons (Fsp3) is 0.647. The van der Waals surface area contributed by atoms with E-state index < -0.39 is 11.6 Å². The molecular weight excluding hydrogens is 270 g/mol. The highest BCUT2D eigenvalue weighted by molar-refractivity contribution is 5.23. The Labute approximate surface area is 127 Å². The average Bonchev–Trinajstić information content (AvgIpc) is 2.45. The molecule has 2 atom stereocenters. The van der Waals surface area contributed by atoms with Crippen molar-refractivity contribution in [3.05, 3.63) is 35.4 Å². The summed E-state index contributed by atoms with van der Waals surface area (Å²) < 4.78 is 27.5. The molecule has 1 aromatic rings. The first-order valence-corrected chi connectivity index (χ1v) is 7.76. The van der Waals surface area contributed by atoms with E-state index in [0.29, 0.717) is 24.1 Å². The Morgan fingerprint density at radius 1 is 1.19 bits per heavy atom. The van der Waals surface area contributed by atoms with E-state index in [9.17, 15) is 8.78 Å². The van der Waals surface area contributed by atoms with Gasteiger partial charge in [-0.1, -0.05) is 32.9 Å². The second-order valence-corrected chi connectivity index (χ2v) is 6.07. The highest BCUT2D eigenvalue weighted by Gasteiger charge is 2.22. The third-order valence-electron chi connectivity index (χ3n) is 4.13. The number of rotatable bonds is 8. The molecule has 2 nitrogen and oxygen atoms in total. The van der Waals surface area contributed by atoms with Crippen LogP contribution in [-0.4, -0.2) is 31.1 Å². The molecular formula is C17H28F2N2. The number of hydrogen-bond acceptors (Lipinski definition) is 2. The predicted octanol–water partition coefficient (Wildman–Crippen LogP) is 3.98. The zero-order chi connectivity index (χ0) is 16.0. The molecule has 21 heavy (non-hydrogen) atoms. The highest BCUT2D eigenvalue weighted by Crippen LogP contribution is 2.21. The van der Waals surface area contributed by atoms with Gasteiger partial charge in [-0.15, -0.1) is 0 Å². The van der Waals surface area contributed by atoms with E-state index in [1.165, 1.54) is 0 Å². The molecule has 0 bridgehead atoms. The van der Waals surface area contributed by atoms with Crippen LogP contribution in [-0.2, 0) is 0 Å².